The average molecular weight is 397 g/mol. The first-order valence-corrected chi connectivity index (χ1v) is 9.30. The Morgan fingerprint density at radius 3 is 2.90 bits per heavy atom. The number of nitrogens with zero attached hydrogens (tertiary/aromatic N) is 5. The Hall–Kier alpha value is -3.54. The van der Waals surface area contributed by atoms with Crippen LogP contribution in [0.2, 0.25) is 0 Å². The monoisotopic (exact) mass is 397 g/mol. The number of halogens is 1. The van der Waals surface area contributed by atoms with Crippen LogP contribution in [0.5, 0.6) is 0 Å². The second-order valence-corrected chi connectivity index (χ2v) is 6.80. The molecule has 1 fully saturated rings. The van der Waals surface area contributed by atoms with Crippen molar-refractivity contribution in [3.05, 3.63) is 42.0 Å². The van der Waals surface area contributed by atoms with Gasteiger partial charge in [-0.1, -0.05) is 11.1 Å². The maximum absolute atomic E-state index is 14.7. The second-order valence-electron chi connectivity index (χ2n) is 6.80. The van der Waals surface area contributed by atoms with Crippen LogP contribution in [0.3, 0.4) is 0 Å². The molecule has 2 aromatic rings. The minimum atomic E-state index is -0.480. The lowest BCUT2D eigenvalue weighted by Crippen LogP contribution is -2.38. The van der Waals surface area contributed by atoms with E-state index >= 15 is 0 Å². The van der Waals surface area contributed by atoms with Gasteiger partial charge in [-0.15, -0.1) is 6.42 Å². The highest BCUT2D eigenvalue weighted by atomic mass is 19.1. The van der Waals surface area contributed by atoms with Crippen molar-refractivity contribution >= 4 is 23.8 Å². The molecular formula is C20H20FN5O3. The molecule has 0 saturated carbocycles. The summed E-state index contributed by atoms with van der Waals surface area (Å²) in [6.07, 6.45) is 8.85. The molecule has 1 atom stereocenters. The summed E-state index contributed by atoms with van der Waals surface area (Å²) in [6.45, 7) is 1.95. The highest BCUT2D eigenvalue weighted by molar-refractivity contribution is 5.90. The van der Waals surface area contributed by atoms with Crippen molar-refractivity contribution in [2.75, 3.05) is 36.0 Å². The molecule has 0 radical (unpaired) electrons. The number of carbonyl (C=O) groups excluding carboxylic acids is 1. The Labute approximate surface area is 167 Å². The smallest absolute Gasteiger partial charge is 0.414 e. The molecule has 9 heteroatoms. The van der Waals surface area contributed by atoms with Gasteiger partial charge in [0.05, 0.1) is 36.7 Å². The first kappa shape index (κ1) is 18.8. The molecule has 1 aromatic heterocycles. The number of cyclic esters (lactones) is 1. The number of anilines is 2. The lowest BCUT2D eigenvalue weighted by molar-refractivity contribution is 0.136. The highest BCUT2D eigenvalue weighted by Gasteiger charge is 2.32. The predicted octanol–water partition coefficient (Wildman–Crippen LogP) is 2.47. The Bertz CT molecular complexity index is 940. The maximum Gasteiger partial charge on any atom is 0.414 e. The van der Waals surface area contributed by atoms with Gasteiger partial charge < -0.3 is 14.2 Å². The van der Waals surface area contributed by atoms with Crippen molar-refractivity contribution in [2.45, 2.75) is 18.9 Å². The summed E-state index contributed by atoms with van der Waals surface area (Å²) >= 11 is 0. The molecule has 1 saturated heterocycles. The first-order valence-electron chi connectivity index (χ1n) is 9.30. The molecule has 4 rings (SSSR count). The molecule has 8 nitrogen and oxygen atoms in total. The second kappa shape index (κ2) is 8.22. The van der Waals surface area contributed by atoms with Crippen molar-refractivity contribution < 1.29 is 18.4 Å². The van der Waals surface area contributed by atoms with E-state index < -0.39 is 11.9 Å². The zero-order valence-electron chi connectivity index (χ0n) is 15.7. The van der Waals surface area contributed by atoms with Gasteiger partial charge in [0.15, 0.2) is 0 Å². The number of rotatable bonds is 6. The number of amides is 1. The van der Waals surface area contributed by atoms with Crippen LogP contribution in [0.25, 0.3) is 0 Å². The lowest BCUT2D eigenvalue weighted by Gasteiger charge is -2.29. The molecule has 0 N–H and O–H groups in total. The Morgan fingerprint density at radius 2 is 2.21 bits per heavy atom. The normalized spacial score (nSPS) is 18.8. The van der Waals surface area contributed by atoms with Crippen LogP contribution < -0.4 is 9.80 Å². The van der Waals surface area contributed by atoms with Gasteiger partial charge in [-0.2, -0.15) is 5.10 Å². The summed E-state index contributed by atoms with van der Waals surface area (Å²) in [5.41, 5.74) is 1.66. The summed E-state index contributed by atoms with van der Waals surface area (Å²) in [6, 6.07) is 6.47. The number of hydrogen-bond donors (Lipinski definition) is 0. The molecule has 1 aromatic carbocycles. The van der Waals surface area contributed by atoms with Crippen LogP contribution in [0.4, 0.5) is 20.6 Å². The van der Waals surface area contributed by atoms with E-state index in [-0.39, 0.29) is 6.10 Å². The Balaban J connectivity index is 1.40. The van der Waals surface area contributed by atoms with Gasteiger partial charge in [0.1, 0.15) is 24.5 Å². The van der Waals surface area contributed by atoms with Crippen LogP contribution in [-0.2, 0) is 11.2 Å². The van der Waals surface area contributed by atoms with Crippen molar-refractivity contribution in [1.29, 1.82) is 0 Å². The predicted molar refractivity (Wildman–Crippen MR) is 105 cm³/mol. The van der Waals surface area contributed by atoms with Gasteiger partial charge in [-0.05, 0) is 31.0 Å². The number of hydrogen-bond acceptors (Lipinski definition) is 7. The standard InChI is InChI=1S/C20H20FN5O3/c1-2-8-25-10-9-24(14-22-25)19-6-4-16(12-18(19)21)26-13-17(29-20(26)27)5-3-15-7-11-28-23-15/h1,4,6-7,11-12,14,17H,3,5,8-10,13H2/t17-/m0/s1. The van der Waals surface area contributed by atoms with Crippen molar-refractivity contribution in [3.8, 4) is 12.3 Å². The van der Waals surface area contributed by atoms with Crippen LogP contribution in [0.1, 0.15) is 12.1 Å². The van der Waals surface area contributed by atoms with E-state index in [2.05, 4.69) is 16.2 Å². The van der Waals surface area contributed by atoms with Crippen LogP contribution in [0, 0.1) is 18.2 Å². The first-order chi connectivity index (χ1) is 14.1. The zero-order chi connectivity index (χ0) is 20.2. The summed E-state index contributed by atoms with van der Waals surface area (Å²) in [5.74, 6) is 2.10. The number of hydrazone groups is 1. The van der Waals surface area contributed by atoms with E-state index in [1.54, 1.807) is 34.4 Å². The fourth-order valence-electron chi connectivity index (χ4n) is 3.34. The van der Waals surface area contributed by atoms with Gasteiger partial charge in [0, 0.05) is 12.6 Å². The number of aromatic nitrogens is 1. The van der Waals surface area contributed by atoms with E-state index in [9.17, 15) is 9.18 Å². The van der Waals surface area contributed by atoms with E-state index in [1.165, 1.54) is 17.2 Å². The number of carbonyl (C=O) groups is 1. The maximum atomic E-state index is 14.7. The van der Waals surface area contributed by atoms with Gasteiger partial charge in [-0.25, -0.2) is 9.18 Å². The summed E-state index contributed by atoms with van der Waals surface area (Å²) in [5, 5.41) is 9.80. The SMILES string of the molecule is C#CCN1CCN(c2ccc(N3C[C@H](CCc4ccon4)OC3=O)cc2F)C=N1. The minimum absolute atomic E-state index is 0.279. The van der Waals surface area contributed by atoms with Gasteiger partial charge in [-0.3, -0.25) is 9.91 Å². The average Bonchev–Trinajstić information content (AvgIpc) is 3.37. The fourth-order valence-corrected chi connectivity index (χ4v) is 3.34. The number of terminal acetylenes is 1. The Morgan fingerprint density at radius 1 is 1.31 bits per heavy atom. The topological polar surface area (TPSA) is 74.4 Å². The highest BCUT2D eigenvalue weighted by Crippen LogP contribution is 2.29. The summed E-state index contributed by atoms with van der Waals surface area (Å²) in [7, 11) is 0. The fraction of sp³-hybridized carbons (Fsp3) is 0.350. The molecule has 2 aliphatic heterocycles. The number of ether oxygens (including phenoxy) is 1. The quantitative estimate of drug-likeness (QED) is 0.698. The molecule has 29 heavy (non-hydrogen) atoms. The number of aryl methyl sites for hydroxylation is 1. The molecule has 0 unspecified atom stereocenters. The molecular weight excluding hydrogens is 377 g/mol. The van der Waals surface area contributed by atoms with Crippen molar-refractivity contribution in [3.63, 3.8) is 0 Å². The molecule has 0 spiro atoms. The van der Waals surface area contributed by atoms with Gasteiger partial charge >= 0.3 is 6.09 Å². The molecule has 3 heterocycles. The van der Waals surface area contributed by atoms with Crippen LogP contribution >= 0.6 is 0 Å². The van der Waals surface area contributed by atoms with E-state index in [0.29, 0.717) is 50.4 Å². The third kappa shape index (κ3) is 4.16. The summed E-state index contributed by atoms with van der Waals surface area (Å²) < 4.78 is 24.9. The zero-order valence-corrected chi connectivity index (χ0v) is 15.7. The molecule has 0 aliphatic carbocycles. The molecule has 2 aliphatic rings. The molecule has 1 amide bonds. The van der Waals surface area contributed by atoms with Gasteiger partial charge in [0.25, 0.3) is 0 Å². The van der Waals surface area contributed by atoms with E-state index in [4.69, 9.17) is 15.7 Å². The van der Waals surface area contributed by atoms with Crippen molar-refractivity contribution in [1.82, 2.24) is 10.2 Å². The molecule has 0 bridgehead atoms. The van der Waals surface area contributed by atoms with E-state index in [0.717, 1.165) is 5.69 Å². The van der Waals surface area contributed by atoms with E-state index in [1.807, 2.05) is 0 Å². The van der Waals surface area contributed by atoms with Crippen molar-refractivity contribution in [2.24, 2.45) is 5.10 Å². The Kier molecular flexibility index (Phi) is 5.33. The molecule has 150 valence electrons. The minimum Gasteiger partial charge on any atom is -0.444 e. The summed E-state index contributed by atoms with van der Waals surface area (Å²) in [4.78, 5) is 15.4. The van der Waals surface area contributed by atoms with Gasteiger partial charge in [0.2, 0.25) is 0 Å². The number of benzene rings is 1. The van der Waals surface area contributed by atoms with Crippen LogP contribution in [-0.4, -0.2) is 54.9 Å². The largest absolute Gasteiger partial charge is 0.444 e. The lowest BCUT2D eigenvalue weighted by atomic mass is 10.1. The third-order valence-corrected chi connectivity index (χ3v) is 4.87. The van der Waals surface area contributed by atoms with Crippen LogP contribution in [0.15, 0.2) is 40.2 Å². The third-order valence-electron chi connectivity index (χ3n) is 4.87.